The van der Waals surface area contributed by atoms with Crippen LogP contribution in [0.25, 0.3) is 5.76 Å². The number of ketones is 1. The van der Waals surface area contributed by atoms with Crippen LogP contribution in [0.4, 0.5) is 13.2 Å². The molecule has 0 bridgehead atoms. The predicted molar refractivity (Wildman–Crippen MR) is 64.8 cm³/mol. The standard InChI is InChI=1S/C13H11F3O4.Li.H/c1-2-20-12(19)11(18)7-10(17)8-4-3-5-9(6-8)13(14,15)16;;/h3-7,17H,2H2,1H3;;/q;+1;-1. The van der Waals surface area contributed by atoms with E-state index in [1.165, 1.54) is 13.0 Å². The third kappa shape index (κ3) is 5.66. The van der Waals surface area contributed by atoms with Crippen LogP contribution >= 0.6 is 0 Å². The van der Waals surface area contributed by atoms with Crippen molar-refractivity contribution in [3.63, 3.8) is 0 Å². The van der Waals surface area contributed by atoms with Crippen LogP contribution in [0.5, 0.6) is 0 Å². The molecule has 0 aliphatic rings. The van der Waals surface area contributed by atoms with Crippen molar-refractivity contribution in [1.82, 2.24) is 0 Å². The van der Waals surface area contributed by atoms with Gasteiger partial charge in [0, 0.05) is 11.6 Å². The molecule has 0 unspecified atom stereocenters. The Morgan fingerprint density at radius 3 is 2.52 bits per heavy atom. The van der Waals surface area contributed by atoms with Crippen LogP contribution in [0.15, 0.2) is 30.3 Å². The number of rotatable bonds is 4. The van der Waals surface area contributed by atoms with Crippen molar-refractivity contribution in [2.45, 2.75) is 13.1 Å². The van der Waals surface area contributed by atoms with Gasteiger partial charge in [0.15, 0.2) is 0 Å². The Morgan fingerprint density at radius 2 is 2.00 bits per heavy atom. The summed E-state index contributed by atoms with van der Waals surface area (Å²) in [6, 6.07) is 3.75. The van der Waals surface area contributed by atoms with Crippen LogP contribution in [-0.4, -0.2) is 23.5 Å². The minimum absolute atomic E-state index is 0. The van der Waals surface area contributed by atoms with Crippen LogP contribution in [0.1, 0.15) is 19.5 Å². The molecule has 0 saturated heterocycles. The van der Waals surface area contributed by atoms with Crippen molar-refractivity contribution < 1.29 is 52.9 Å². The maximum atomic E-state index is 12.5. The summed E-state index contributed by atoms with van der Waals surface area (Å²) in [5, 5.41) is 9.56. The second kappa shape index (κ2) is 7.91. The van der Waals surface area contributed by atoms with Gasteiger partial charge in [-0.25, -0.2) is 4.79 Å². The first-order chi connectivity index (χ1) is 9.25. The molecule has 0 aliphatic heterocycles. The summed E-state index contributed by atoms with van der Waals surface area (Å²) in [6.07, 6.45) is -4.05. The monoisotopic (exact) mass is 296 g/mol. The molecule has 0 radical (unpaired) electrons. The second-order valence-corrected chi connectivity index (χ2v) is 3.69. The third-order valence-electron chi connectivity index (χ3n) is 2.23. The van der Waals surface area contributed by atoms with E-state index in [4.69, 9.17) is 0 Å². The summed E-state index contributed by atoms with van der Waals surface area (Å²) in [5.41, 5.74) is -1.20. The zero-order chi connectivity index (χ0) is 15.3. The predicted octanol–water partition coefficient (Wildman–Crippen LogP) is -0.147. The minimum Gasteiger partial charge on any atom is -1.00 e. The SMILES string of the molecule is CCOC(=O)C(=O)C=C(O)c1cccc(C(F)(F)F)c1.[H-].[Li+]. The number of esters is 1. The molecule has 0 amide bonds. The third-order valence-corrected chi connectivity index (χ3v) is 2.23. The van der Waals surface area contributed by atoms with Gasteiger partial charge in [-0.15, -0.1) is 0 Å². The molecule has 110 valence electrons. The zero-order valence-corrected chi connectivity index (χ0v) is 11.4. The van der Waals surface area contributed by atoms with Crippen molar-refractivity contribution in [3.05, 3.63) is 41.5 Å². The van der Waals surface area contributed by atoms with Crippen molar-refractivity contribution in [3.8, 4) is 0 Å². The van der Waals surface area contributed by atoms with Crippen molar-refractivity contribution in [2.24, 2.45) is 0 Å². The van der Waals surface area contributed by atoms with Crippen LogP contribution < -0.4 is 18.9 Å². The summed E-state index contributed by atoms with van der Waals surface area (Å²) in [5.74, 6) is -3.08. The molecule has 4 nitrogen and oxygen atoms in total. The summed E-state index contributed by atoms with van der Waals surface area (Å²) >= 11 is 0. The number of hydrogen-bond acceptors (Lipinski definition) is 4. The molecule has 0 aliphatic carbocycles. The number of carbonyl (C=O) groups is 2. The molecule has 1 N–H and O–H groups in total. The van der Waals surface area contributed by atoms with Crippen molar-refractivity contribution in [2.75, 3.05) is 6.61 Å². The molecule has 0 atom stereocenters. The summed E-state index contributed by atoms with van der Waals surface area (Å²) in [4.78, 5) is 22.3. The van der Waals surface area contributed by atoms with E-state index in [0.717, 1.165) is 12.1 Å². The number of aliphatic hydroxyl groups excluding tert-OH is 1. The first-order valence-electron chi connectivity index (χ1n) is 5.55. The molecule has 1 rings (SSSR count). The average Bonchev–Trinajstić information content (AvgIpc) is 2.38. The summed E-state index contributed by atoms with van der Waals surface area (Å²) < 4.78 is 41.8. The molecular formula is C13H12F3LiO4. The number of halogens is 3. The second-order valence-electron chi connectivity index (χ2n) is 3.69. The molecule has 0 saturated carbocycles. The molecule has 1 aromatic rings. The Labute approximate surface area is 132 Å². The van der Waals surface area contributed by atoms with Gasteiger partial charge in [-0.1, -0.05) is 12.1 Å². The van der Waals surface area contributed by atoms with E-state index in [1.807, 2.05) is 0 Å². The Morgan fingerprint density at radius 1 is 1.38 bits per heavy atom. The molecule has 21 heavy (non-hydrogen) atoms. The van der Waals surface area contributed by atoms with E-state index >= 15 is 0 Å². The van der Waals surface area contributed by atoms with E-state index in [0.29, 0.717) is 12.1 Å². The van der Waals surface area contributed by atoms with E-state index in [-0.39, 0.29) is 32.5 Å². The van der Waals surface area contributed by atoms with Crippen LogP contribution in [0.2, 0.25) is 0 Å². The van der Waals surface area contributed by atoms with Gasteiger partial charge >= 0.3 is 31.0 Å². The molecule has 0 spiro atoms. The largest absolute Gasteiger partial charge is 1.00 e. The minimum atomic E-state index is -4.57. The number of aliphatic hydroxyl groups is 1. The first kappa shape index (κ1) is 19.3. The van der Waals surface area contributed by atoms with Gasteiger partial charge in [0.2, 0.25) is 0 Å². The Balaban J connectivity index is 0. The van der Waals surface area contributed by atoms with Crippen molar-refractivity contribution >= 4 is 17.5 Å². The van der Waals surface area contributed by atoms with Crippen LogP contribution in [-0.2, 0) is 20.5 Å². The Bertz CT molecular complexity index is 558. The van der Waals surface area contributed by atoms with Gasteiger partial charge in [0.05, 0.1) is 12.2 Å². The Kier molecular flexibility index (Phi) is 7.26. The fourth-order valence-corrected chi connectivity index (χ4v) is 1.32. The molecule has 0 fully saturated rings. The van der Waals surface area contributed by atoms with Crippen LogP contribution in [0.3, 0.4) is 0 Å². The number of benzene rings is 1. The van der Waals surface area contributed by atoms with Crippen molar-refractivity contribution in [1.29, 1.82) is 0 Å². The maximum absolute atomic E-state index is 12.5. The van der Waals surface area contributed by atoms with E-state index in [9.17, 15) is 27.9 Å². The average molecular weight is 296 g/mol. The van der Waals surface area contributed by atoms with E-state index < -0.39 is 29.3 Å². The van der Waals surface area contributed by atoms with Gasteiger partial charge in [-0.05, 0) is 19.1 Å². The van der Waals surface area contributed by atoms with Crippen LogP contribution in [0, 0.1) is 0 Å². The quantitative estimate of drug-likeness (QED) is 0.276. The van der Waals surface area contributed by atoms with Gasteiger partial charge in [-0.3, -0.25) is 4.79 Å². The number of hydrogen-bond donors (Lipinski definition) is 1. The number of ether oxygens (including phenoxy) is 1. The summed E-state index contributed by atoms with van der Waals surface area (Å²) in [6.45, 7) is 1.46. The van der Waals surface area contributed by atoms with Gasteiger partial charge in [0.25, 0.3) is 5.78 Å². The molecule has 8 heteroatoms. The van der Waals surface area contributed by atoms with Gasteiger partial charge in [-0.2, -0.15) is 13.2 Å². The fraction of sp³-hybridized carbons (Fsp3) is 0.231. The molecule has 0 heterocycles. The zero-order valence-electron chi connectivity index (χ0n) is 12.4. The fourth-order valence-electron chi connectivity index (χ4n) is 1.32. The van der Waals surface area contributed by atoms with E-state index in [2.05, 4.69) is 4.74 Å². The molecule has 1 aromatic carbocycles. The summed E-state index contributed by atoms with van der Waals surface area (Å²) in [7, 11) is 0. The van der Waals surface area contributed by atoms with Gasteiger partial charge < -0.3 is 11.3 Å². The normalized spacial score (nSPS) is 11.5. The molecule has 0 aromatic heterocycles. The smallest absolute Gasteiger partial charge is 1.00 e. The number of alkyl halides is 3. The molecular weight excluding hydrogens is 284 g/mol. The first-order valence-corrected chi connectivity index (χ1v) is 5.55. The number of carbonyl (C=O) groups excluding carboxylic acids is 2. The topological polar surface area (TPSA) is 63.6 Å². The van der Waals surface area contributed by atoms with Gasteiger partial charge in [0.1, 0.15) is 5.76 Å². The Hall–Kier alpha value is -1.71. The maximum Gasteiger partial charge on any atom is 1.00 e. The van der Waals surface area contributed by atoms with E-state index in [1.54, 1.807) is 0 Å².